The zero-order valence-electron chi connectivity index (χ0n) is 11.6. The van der Waals surface area contributed by atoms with Crippen molar-refractivity contribution in [3.63, 3.8) is 0 Å². The Morgan fingerprint density at radius 1 is 1.35 bits per heavy atom. The van der Waals surface area contributed by atoms with Crippen LogP contribution in [0.3, 0.4) is 0 Å². The van der Waals surface area contributed by atoms with Gasteiger partial charge in [0.25, 0.3) is 0 Å². The maximum absolute atomic E-state index is 6.46. The summed E-state index contributed by atoms with van der Waals surface area (Å²) in [6.07, 6.45) is 4.11. The highest BCUT2D eigenvalue weighted by Gasteiger charge is 2.24. The zero-order chi connectivity index (χ0) is 13.2. The summed E-state index contributed by atoms with van der Waals surface area (Å²) in [5.74, 6) is 1.37. The number of methoxy groups -OCH3 is 1. The molecule has 0 unspecified atom stereocenters. The molecular formula is C15H21ClN2O2. The first-order valence-electron chi connectivity index (χ1n) is 6.78. The number of nitrogens with one attached hydrogen (secondary N) is 1. The lowest BCUT2D eigenvalue weighted by Gasteiger charge is -2.27. The van der Waals surface area contributed by atoms with E-state index in [1.54, 1.807) is 7.11 Å². The zero-order valence-corrected chi connectivity index (χ0v) is 12.4. The average Bonchev–Trinajstić information content (AvgIpc) is 2.90. The number of H-pyrrole nitrogens is 1. The van der Waals surface area contributed by atoms with Crippen LogP contribution in [0.25, 0.3) is 10.9 Å². The first-order valence-corrected chi connectivity index (χ1v) is 6.78. The van der Waals surface area contributed by atoms with Crippen LogP contribution in [0.4, 0.5) is 0 Å². The van der Waals surface area contributed by atoms with Gasteiger partial charge in [0, 0.05) is 36.4 Å². The number of ether oxygens (including phenoxy) is 2. The molecule has 1 aromatic heterocycles. The van der Waals surface area contributed by atoms with Gasteiger partial charge in [-0.1, -0.05) is 0 Å². The summed E-state index contributed by atoms with van der Waals surface area (Å²) in [6.45, 7) is 1.65. The van der Waals surface area contributed by atoms with E-state index in [-0.39, 0.29) is 18.4 Å². The van der Waals surface area contributed by atoms with Gasteiger partial charge in [-0.25, -0.2) is 0 Å². The molecule has 2 aromatic rings. The van der Waals surface area contributed by atoms with Gasteiger partial charge in [-0.05, 0) is 42.5 Å². The van der Waals surface area contributed by atoms with Gasteiger partial charge in [-0.2, -0.15) is 0 Å². The molecule has 0 bridgehead atoms. The standard InChI is InChI=1S/C15H20N2O2.ClH/c1-18-11-2-3-14-12(8-11)13(9-17-14)15(16)10-4-6-19-7-5-10;/h2-3,8-10,15,17H,4-7,16H2,1H3;1H/t15-;/m1./s1. The third kappa shape index (κ3) is 2.77. The third-order valence-corrected chi connectivity index (χ3v) is 4.05. The molecule has 0 radical (unpaired) electrons. The van der Waals surface area contributed by atoms with Gasteiger partial charge in [0.15, 0.2) is 0 Å². The Morgan fingerprint density at radius 3 is 2.80 bits per heavy atom. The van der Waals surface area contributed by atoms with Crippen molar-refractivity contribution in [2.45, 2.75) is 18.9 Å². The SMILES string of the molecule is COc1ccc2[nH]cc([C@H](N)C3CCOCC3)c2c1.Cl. The van der Waals surface area contributed by atoms with Crippen LogP contribution in [0.2, 0.25) is 0 Å². The number of aromatic nitrogens is 1. The van der Waals surface area contributed by atoms with E-state index in [1.807, 2.05) is 18.3 Å². The van der Waals surface area contributed by atoms with E-state index in [0.29, 0.717) is 5.92 Å². The Hall–Kier alpha value is -1.23. The molecule has 5 heteroatoms. The van der Waals surface area contributed by atoms with Gasteiger partial charge in [-0.3, -0.25) is 0 Å². The van der Waals surface area contributed by atoms with Crippen LogP contribution in [0.5, 0.6) is 5.75 Å². The largest absolute Gasteiger partial charge is 0.497 e. The van der Waals surface area contributed by atoms with Crippen LogP contribution in [0, 0.1) is 5.92 Å². The first kappa shape index (κ1) is 15.2. The van der Waals surface area contributed by atoms with Crippen LogP contribution in [0.15, 0.2) is 24.4 Å². The summed E-state index contributed by atoms with van der Waals surface area (Å²) in [6, 6.07) is 6.11. The Bertz CT molecular complexity index is 564. The maximum atomic E-state index is 6.46. The van der Waals surface area contributed by atoms with Crippen molar-refractivity contribution >= 4 is 23.3 Å². The van der Waals surface area contributed by atoms with Crippen molar-refractivity contribution in [1.82, 2.24) is 4.98 Å². The molecular weight excluding hydrogens is 276 g/mol. The highest BCUT2D eigenvalue weighted by Crippen LogP contribution is 2.33. The molecule has 0 saturated carbocycles. The summed E-state index contributed by atoms with van der Waals surface area (Å²) in [5.41, 5.74) is 8.75. The smallest absolute Gasteiger partial charge is 0.119 e. The van der Waals surface area contributed by atoms with E-state index in [4.69, 9.17) is 15.2 Å². The molecule has 1 aliphatic rings. The minimum atomic E-state index is 0. The monoisotopic (exact) mass is 296 g/mol. The molecule has 1 aliphatic heterocycles. The van der Waals surface area contributed by atoms with Gasteiger partial charge >= 0.3 is 0 Å². The second kappa shape index (κ2) is 6.48. The van der Waals surface area contributed by atoms with E-state index in [9.17, 15) is 0 Å². The maximum Gasteiger partial charge on any atom is 0.119 e. The lowest BCUT2D eigenvalue weighted by Crippen LogP contribution is -2.27. The molecule has 0 aliphatic carbocycles. The average molecular weight is 297 g/mol. The van der Waals surface area contributed by atoms with Crippen molar-refractivity contribution < 1.29 is 9.47 Å². The van der Waals surface area contributed by atoms with Gasteiger partial charge < -0.3 is 20.2 Å². The van der Waals surface area contributed by atoms with Gasteiger partial charge in [0.2, 0.25) is 0 Å². The van der Waals surface area contributed by atoms with Crippen LogP contribution in [-0.2, 0) is 4.74 Å². The molecule has 3 rings (SSSR count). The molecule has 1 atom stereocenters. The number of fused-ring (bicyclic) bond motifs is 1. The third-order valence-electron chi connectivity index (χ3n) is 4.05. The van der Waals surface area contributed by atoms with E-state index in [0.717, 1.165) is 37.3 Å². The summed E-state index contributed by atoms with van der Waals surface area (Å²) in [4.78, 5) is 3.29. The minimum absolute atomic E-state index is 0. The number of rotatable bonds is 3. The Kier molecular flexibility index (Phi) is 4.91. The second-order valence-corrected chi connectivity index (χ2v) is 5.13. The molecule has 2 heterocycles. The highest BCUT2D eigenvalue weighted by atomic mass is 35.5. The first-order chi connectivity index (χ1) is 9.29. The number of nitrogens with two attached hydrogens (primary N) is 1. The molecule has 1 aromatic carbocycles. The molecule has 0 amide bonds. The summed E-state index contributed by atoms with van der Waals surface area (Å²) < 4.78 is 10.7. The highest BCUT2D eigenvalue weighted by molar-refractivity contribution is 5.85. The lowest BCUT2D eigenvalue weighted by atomic mass is 9.87. The minimum Gasteiger partial charge on any atom is -0.497 e. The van der Waals surface area contributed by atoms with Crippen molar-refractivity contribution in [2.75, 3.05) is 20.3 Å². The Morgan fingerprint density at radius 2 is 2.10 bits per heavy atom. The molecule has 1 saturated heterocycles. The summed E-state index contributed by atoms with van der Waals surface area (Å²) in [5, 5.41) is 1.17. The van der Waals surface area contributed by atoms with E-state index < -0.39 is 0 Å². The molecule has 20 heavy (non-hydrogen) atoms. The molecule has 110 valence electrons. The van der Waals surface area contributed by atoms with Crippen LogP contribution in [0.1, 0.15) is 24.4 Å². The van der Waals surface area contributed by atoms with Gasteiger partial charge in [-0.15, -0.1) is 12.4 Å². The molecule has 1 fully saturated rings. The van der Waals surface area contributed by atoms with Crippen LogP contribution >= 0.6 is 12.4 Å². The van der Waals surface area contributed by atoms with Gasteiger partial charge in [0.1, 0.15) is 5.75 Å². The van der Waals surface area contributed by atoms with Gasteiger partial charge in [0.05, 0.1) is 7.11 Å². The van der Waals surface area contributed by atoms with Crippen molar-refractivity contribution in [3.8, 4) is 5.75 Å². The number of benzene rings is 1. The number of halogens is 1. The van der Waals surface area contributed by atoms with Crippen molar-refractivity contribution in [2.24, 2.45) is 11.7 Å². The van der Waals surface area contributed by atoms with Crippen molar-refractivity contribution in [1.29, 1.82) is 0 Å². The molecule has 4 nitrogen and oxygen atoms in total. The number of aromatic amines is 1. The lowest BCUT2D eigenvalue weighted by molar-refractivity contribution is 0.0585. The summed E-state index contributed by atoms with van der Waals surface area (Å²) in [7, 11) is 1.69. The fraction of sp³-hybridized carbons (Fsp3) is 0.467. The van der Waals surface area contributed by atoms with Crippen LogP contribution in [-0.4, -0.2) is 25.3 Å². The predicted molar refractivity (Wildman–Crippen MR) is 82.6 cm³/mol. The van der Waals surface area contributed by atoms with Crippen molar-refractivity contribution in [3.05, 3.63) is 30.0 Å². The predicted octanol–water partition coefficient (Wildman–Crippen LogP) is 3.02. The van der Waals surface area contributed by atoms with E-state index >= 15 is 0 Å². The Labute approximate surface area is 125 Å². The number of hydrogen-bond donors (Lipinski definition) is 2. The Balaban J connectivity index is 0.00000147. The van der Waals surface area contributed by atoms with E-state index in [1.165, 1.54) is 10.9 Å². The second-order valence-electron chi connectivity index (χ2n) is 5.13. The fourth-order valence-corrected chi connectivity index (χ4v) is 2.85. The fourth-order valence-electron chi connectivity index (χ4n) is 2.85. The molecule has 3 N–H and O–H groups in total. The molecule has 0 spiro atoms. The quantitative estimate of drug-likeness (QED) is 0.915. The van der Waals surface area contributed by atoms with E-state index in [2.05, 4.69) is 11.1 Å². The normalized spacial score (nSPS) is 17.7. The topological polar surface area (TPSA) is 60.3 Å². The summed E-state index contributed by atoms with van der Waals surface area (Å²) >= 11 is 0. The van der Waals surface area contributed by atoms with Crippen LogP contribution < -0.4 is 10.5 Å². The number of hydrogen-bond acceptors (Lipinski definition) is 3.